The number of benzene rings is 1. The number of methoxy groups -OCH3 is 1. The fourth-order valence-electron chi connectivity index (χ4n) is 8.72. The van der Waals surface area contributed by atoms with Crippen LogP contribution in [-0.2, 0) is 4.74 Å². The molecule has 3 nitrogen and oxygen atoms in total. The summed E-state index contributed by atoms with van der Waals surface area (Å²) in [5.41, 5.74) is 2.35. The molecule has 0 aliphatic heterocycles. The summed E-state index contributed by atoms with van der Waals surface area (Å²) in [7, 11) is 1.87. The van der Waals surface area contributed by atoms with Crippen LogP contribution in [0.4, 0.5) is 5.69 Å². The lowest BCUT2D eigenvalue weighted by Gasteiger charge is -2.56. The van der Waals surface area contributed by atoms with Gasteiger partial charge in [0, 0.05) is 25.9 Å². The smallest absolute Gasteiger partial charge is 0.0992 e. The van der Waals surface area contributed by atoms with Crippen molar-refractivity contribution in [3.8, 4) is 6.07 Å². The number of rotatable bonds is 5. The Hall–Kier alpha value is -1.53. The van der Waals surface area contributed by atoms with Gasteiger partial charge >= 0.3 is 0 Å². The van der Waals surface area contributed by atoms with Gasteiger partial charge in [0.25, 0.3) is 0 Å². The average molecular weight is 421 g/mol. The summed E-state index contributed by atoms with van der Waals surface area (Å²) >= 11 is 0. The van der Waals surface area contributed by atoms with Crippen molar-refractivity contribution in [1.82, 2.24) is 0 Å². The maximum absolute atomic E-state index is 9.19. The minimum atomic E-state index is 0.501. The van der Waals surface area contributed by atoms with Gasteiger partial charge in [-0.05, 0) is 123 Å². The Balaban J connectivity index is 1.24. The number of anilines is 1. The van der Waals surface area contributed by atoms with Gasteiger partial charge in [0.15, 0.2) is 0 Å². The van der Waals surface area contributed by atoms with Gasteiger partial charge < -0.3 is 10.1 Å². The van der Waals surface area contributed by atoms with Gasteiger partial charge in [0.05, 0.1) is 11.6 Å². The van der Waals surface area contributed by atoms with Crippen molar-refractivity contribution in [3.05, 3.63) is 29.8 Å². The van der Waals surface area contributed by atoms with E-state index in [1.54, 1.807) is 0 Å². The molecule has 4 fully saturated rings. The first-order valence-corrected chi connectivity index (χ1v) is 12.9. The molecule has 1 N–H and O–H groups in total. The van der Waals surface area contributed by atoms with E-state index in [-0.39, 0.29) is 0 Å². The van der Waals surface area contributed by atoms with Crippen LogP contribution in [-0.4, -0.2) is 20.3 Å². The third-order valence-electron chi connectivity index (χ3n) is 10.2. The fraction of sp³-hybridized carbons (Fsp3) is 0.750. The Morgan fingerprint density at radius 3 is 2.77 bits per heavy atom. The Bertz CT molecular complexity index is 815. The molecule has 0 spiro atoms. The molecule has 4 aliphatic carbocycles. The molecular formula is C28H40N2O. The van der Waals surface area contributed by atoms with Gasteiger partial charge in [0.1, 0.15) is 0 Å². The molecule has 0 radical (unpaired) electrons. The molecule has 0 amide bonds. The molecular weight excluding hydrogens is 380 g/mol. The Morgan fingerprint density at radius 2 is 1.94 bits per heavy atom. The van der Waals surface area contributed by atoms with Gasteiger partial charge in [0.2, 0.25) is 0 Å². The summed E-state index contributed by atoms with van der Waals surface area (Å²) in [5.74, 6) is 6.47. The van der Waals surface area contributed by atoms with Crippen molar-refractivity contribution in [2.24, 2.45) is 46.8 Å². The lowest BCUT2D eigenvalue weighted by atomic mass is 9.49. The molecule has 4 aliphatic rings. The third-order valence-corrected chi connectivity index (χ3v) is 10.2. The average Bonchev–Trinajstić information content (AvgIpc) is 3.14. The van der Waals surface area contributed by atoms with E-state index in [0.717, 1.165) is 65.8 Å². The zero-order valence-corrected chi connectivity index (χ0v) is 19.5. The van der Waals surface area contributed by atoms with Crippen LogP contribution in [0.25, 0.3) is 0 Å². The maximum atomic E-state index is 9.19. The summed E-state index contributed by atoms with van der Waals surface area (Å²) < 4.78 is 5.50. The minimum absolute atomic E-state index is 0.501. The summed E-state index contributed by atoms with van der Waals surface area (Å²) in [6, 6.07) is 10.2. The van der Waals surface area contributed by atoms with E-state index in [4.69, 9.17) is 4.74 Å². The van der Waals surface area contributed by atoms with Crippen molar-refractivity contribution in [2.75, 3.05) is 25.6 Å². The van der Waals surface area contributed by atoms with Gasteiger partial charge in [-0.1, -0.05) is 13.0 Å². The second kappa shape index (κ2) is 8.78. The highest BCUT2D eigenvalue weighted by molar-refractivity contribution is 5.49. The topological polar surface area (TPSA) is 45.0 Å². The van der Waals surface area contributed by atoms with Crippen LogP contribution >= 0.6 is 0 Å². The highest BCUT2D eigenvalue weighted by atomic mass is 16.5. The number of ether oxygens (including phenoxy) is 1. The summed E-state index contributed by atoms with van der Waals surface area (Å²) in [6.07, 6.45) is 12.9. The number of nitrogens with zero attached hydrogens (tertiary/aromatic N) is 1. The highest BCUT2D eigenvalue weighted by Gasteiger charge is 2.56. The Morgan fingerprint density at radius 1 is 1.06 bits per heavy atom. The van der Waals surface area contributed by atoms with E-state index < -0.39 is 0 Å². The molecule has 168 valence electrons. The predicted octanol–water partition coefficient (Wildman–Crippen LogP) is 6.50. The van der Waals surface area contributed by atoms with E-state index in [1.807, 2.05) is 25.3 Å². The van der Waals surface area contributed by atoms with E-state index in [9.17, 15) is 5.26 Å². The molecule has 31 heavy (non-hydrogen) atoms. The maximum Gasteiger partial charge on any atom is 0.0992 e. The lowest BCUT2D eigenvalue weighted by molar-refractivity contribution is -0.0704. The normalized spacial score (nSPS) is 41.5. The molecule has 4 saturated carbocycles. The van der Waals surface area contributed by atoms with E-state index in [0.29, 0.717) is 5.41 Å². The Labute approximate surface area is 188 Å². The van der Waals surface area contributed by atoms with Gasteiger partial charge in [-0.2, -0.15) is 5.26 Å². The molecule has 0 bridgehead atoms. The number of nitriles is 1. The van der Waals surface area contributed by atoms with Crippen molar-refractivity contribution < 1.29 is 4.74 Å². The molecule has 0 aromatic heterocycles. The minimum Gasteiger partial charge on any atom is -0.385 e. The van der Waals surface area contributed by atoms with Gasteiger partial charge in [-0.15, -0.1) is 0 Å². The molecule has 1 aromatic rings. The predicted molar refractivity (Wildman–Crippen MR) is 126 cm³/mol. The van der Waals surface area contributed by atoms with Gasteiger partial charge in [-0.3, -0.25) is 0 Å². The monoisotopic (exact) mass is 420 g/mol. The van der Waals surface area contributed by atoms with Crippen LogP contribution in [0, 0.1) is 58.2 Å². The lowest BCUT2D eigenvalue weighted by Crippen LogP contribution is -2.49. The number of hydrogen-bond acceptors (Lipinski definition) is 3. The zero-order chi connectivity index (χ0) is 21.4. The first-order valence-electron chi connectivity index (χ1n) is 12.9. The summed E-state index contributed by atoms with van der Waals surface area (Å²) in [4.78, 5) is 0. The third kappa shape index (κ3) is 3.91. The van der Waals surface area contributed by atoms with E-state index in [2.05, 4.69) is 24.4 Å². The van der Waals surface area contributed by atoms with Crippen LogP contribution in [0.5, 0.6) is 0 Å². The molecule has 5 rings (SSSR count). The van der Waals surface area contributed by atoms with Crippen molar-refractivity contribution in [2.45, 2.75) is 64.7 Å². The molecule has 1 aromatic carbocycles. The molecule has 8 atom stereocenters. The van der Waals surface area contributed by atoms with Gasteiger partial charge in [-0.25, -0.2) is 0 Å². The van der Waals surface area contributed by atoms with E-state index >= 15 is 0 Å². The molecule has 0 saturated heterocycles. The Kier molecular flexibility index (Phi) is 6.04. The van der Waals surface area contributed by atoms with E-state index in [1.165, 1.54) is 57.8 Å². The molecule has 3 heteroatoms. The number of fused-ring (bicyclic) bond motifs is 5. The number of nitrogens with one attached hydrogen (secondary N) is 1. The van der Waals surface area contributed by atoms with Crippen LogP contribution in [0.2, 0.25) is 0 Å². The SMILES string of the molecule is COC[C@H]1CC[C@@H]2C3CC[C@@]4(C)C(CC[C@@H]4CNc4cccc(C#N)c4)[C@@H]3CC[C@@H]2C1. The molecule has 0 heterocycles. The highest BCUT2D eigenvalue weighted by Crippen LogP contribution is 2.64. The summed E-state index contributed by atoms with van der Waals surface area (Å²) in [5, 5.41) is 12.9. The molecule has 2 unspecified atom stereocenters. The van der Waals surface area contributed by atoms with Crippen LogP contribution in [0.15, 0.2) is 24.3 Å². The van der Waals surface area contributed by atoms with Crippen molar-refractivity contribution in [3.63, 3.8) is 0 Å². The second-order valence-corrected chi connectivity index (χ2v) is 11.5. The largest absolute Gasteiger partial charge is 0.385 e. The van der Waals surface area contributed by atoms with Crippen LogP contribution in [0.1, 0.15) is 70.3 Å². The standard InChI is InChI=1S/C28H40N2O/c1-28-13-12-25-24-9-6-20(18-31-2)14-21(24)7-10-26(25)27(28)11-8-22(28)17-30-23-5-3-4-19(15-23)16-29/h3-5,15,20-22,24-27,30H,6-14,17-18H2,1-2H3/t20-,21+,22+,24-,25?,26+,27?,28+/m0/s1. The number of hydrogen-bond donors (Lipinski definition) is 1. The summed E-state index contributed by atoms with van der Waals surface area (Å²) in [6.45, 7) is 4.66. The zero-order valence-electron chi connectivity index (χ0n) is 19.5. The van der Waals surface area contributed by atoms with Crippen LogP contribution in [0.3, 0.4) is 0 Å². The van der Waals surface area contributed by atoms with Crippen LogP contribution < -0.4 is 5.32 Å². The quantitative estimate of drug-likeness (QED) is 0.591. The fourth-order valence-corrected chi connectivity index (χ4v) is 8.72. The second-order valence-electron chi connectivity index (χ2n) is 11.5. The van der Waals surface area contributed by atoms with Crippen molar-refractivity contribution >= 4 is 5.69 Å². The first kappa shape index (κ1) is 21.3. The first-order chi connectivity index (χ1) is 15.1. The van der Waals surface area contributed by atoms with Crippen molar-refractivity contribution in [1.29, 1.82) is 5.26 Å².